The summed E-state index contributed by atoms with van der Waals surface area (Å²) in [5, 5.41) is 5.33. The van der Waals surface area contributed by atoms with Gasteiger partial charge in [0.15, 0.2) is 11.5 Å². The fourth-order valence-corrected chi connectivity index (χ4v) is 2.52. The molecule has 0 unspecified atom stereocenters. The van der Waals surface area contributed by atoms with E-state index in [0.29, 0.717) is 23.1 Å². The number of hydrogen-bond acceptors (Lipinski definition) is 6. The van der Waals surface area contributed by atoms with E-state index in [0.717, 1.165) is 16.5 Å². The molecule has 0 bridgehead atoms. The zero-order chi connectivity index (χ0) is 17.6. The highest BCUT2D eigenvalue weighted by molar-refractivity contribution is 5.86. The van der Waals surface area contributed by atoms with Gasteiger partial charge in [-0.3, -0.25) is 5.43 Å². The van der Waals surface area contributed by atoms with E-state index >= 15 is 0 Å². The molecule has 0 spiro atoms. The lowest BCUT2D eigenvalue weighted by atomic mass is 10.2. The van der Waals surface area contributed by atoms with Crippen LogP contribution in [0.25, 0.3) is 10.9 Å². The Labute approximate surface area is 146 Å². The predicted octanol–water partition coefficient (Wildman–Crippen LogP) is 3.71. The first kappa shape index (κ1) is 16.6. The van der Waals surface area contributed by atoms with E-state index < -0.39 is 0 Å². The van der Waals surface area contributed by atoms with E-state index in [1.807, 2.05) is 42.5 Å². The van der Waals surface area contributed by atoms with Gasteiger partial charge in [0.25, 0.3) is 0 Å². The summed E-state index contributed by atoms with van der Waals surface area (Å²) < 4.78 is 16.1. The molecule has 128 valence electrons. The number of rotatable bonds is 6. The minimum Gasteiger partial charge on any atom is -0.493 e. The van der Waals surface area contributed by atoms with Crippen LogP contribution in [0.3, 0.4) is 0 Å². The molecule has 25 heavy (non-hydrogen) atoms. The minimum absolute atomic E-state index is 0.526. The highest BCUT2D eigenvalue weighted by Gasteiger charge is 2.14. The van der Waals surface area contributed by atoms with Gasteiger partial charge in [-0.1, -0.05) is 18.2 Å². The van der Waals surface area contributed by atoms with E-state index in [2.05, 4.69) is 15.5 Å². The molecule has 0 radical (unpaired) electrons. The number of para-hydroxylation sites is 1. The van der Waals surface area contributed by atoms with E-state index in [9.17, 15) is 0 Å². The van der Waals surface area contributed by atoms with Gasteiger partial charge in [-0.25, -0.2) is 4.98 Å². The van der Waals surface area contributed by atoms with Crippen LogP contribution in [0.1, 0.15) is 5.56 Å². The minimum atomic E-state index is 0.526. The number of aromatic nitrogens is 1. The molecule has 0 fully saturated rings. The molecule has 0 atom stereocenters. The van der Waals surface area contributed by atoms with Crippen molar-refractivity contribution >= 4 is 22.9 Å². The summed E-state index contributed by atoms with van der Waals surface area (Å²) in [6.45, 7) is 0. The monoisotopic (exact) mass is 337 g/mol. The lowest BCUT2D eigenvalue weighted by Gasteiger charge is -2.13. The average molecular weight is 337 g/mol. The van der Waals surface area contributed by atoms with Crippen LogP contribution in [-0.4, -0.2) is 32.5 Å². The molecule has 1 N–H and O–H groups in total. The van der Waals surface area contributed by atoms with Crippen LogP contribution in [-0.2, 0) is 0 Å². The second kappa shape index (κ2) is 7.53. The second-order valence-corrected chi connectivity index (χ2v) is 5.18. The number of hydrazone groups is 1. The predicted molar refractivity (Wildman–Crippen MR) is 99.1 cm³/mol. The number of methoxy groups -OCH3 is 3. The van der Waals surface area contributed by atoms with Crippen molar-refractivity contribution in [1.29, 1.82) is 0 Å². The summed E-state index contributed by atoms with van der Waals surface area (Å²) in [7, 11) is 4.73. The number of nitrogens with one attached hydrogen (secondary N) is 1. The van der Waals surface area contributed by atoms with Gasteiger partial charge in [0.05, 0.1) is 33.1 Å². The van der Waals surface area contributed by atoms with Crippen molar-refractivity contribution in [3.8, 4) is 17.2 Å². The van der Waals surface area contributed by atoms with E-state index in [4.69, 9.17) is 14.2 Å². The van der Waals surface area contributed by atoms with Crippen LogP contribution in [0.2, 0.25) is 0 Å². The van der Waals surface area contributed by atoms with Crippen LogP contribution in [0.5, 0.6) is 17.2 Å². The maximum absolute atomic E-state index is 5.43. The third-order valence-electron chi connectivity index (χ3n) is 3.72. The van der Waals surface area contributed by atoms with E-state index in [-0.39, 0.29) is 0 Å². The molecule has 3 rings (SSSR count). The first-order valence-corrected chi connectivity index (χ1v) is 7.70. The van der Waals surface area contributed by atoms with Gasteiger partial charge >= 0.3 is 0 Å². The SMILES string of the molecule is COc1ccc(C=NNc2ccc3ccccc3n2)c(OC)c1OC. The third-order valence-corrected chi connectivity index (χ3v) is 3.72. The van der Waals surface area contributed by atoms with Crippen molar-refractivity contribution in [2.45, 2.75) is 0 Å². The first-order valence-electron chi connectivity index (χ1n) is 7.70. The maximum atomic E-state index is 5.43. The van der Waals surface area contributed by atoms with Crippen LogP contribution < -0.4 is 19.6 Å². The Kier molecular flexibility index (Phi) is 4.99. The fraction of sp³-hybridized carbons (Fsp3) is 0.158. The second-order valence-electron chi connectivity index (χ2n) is 5.18. The molecule has 3 aromatic rings. The average Bonchev–Trinajstić information content (AvgIpc) is 2.67. The molecule has 0 amide bonds. The van der Waals surface area contributed by atoms with Gasteiger partial charge in [-0.2, -0.15) is 5.10 Å². The molecule has 0 aliphatic heterocycles. The molecule has 1 heterocycles. The summed E-state index contributed by atoms with van der Waals surface area (Å²) in [4.78, 5) is 4.51. The number of anilines is 1. The first-order chi connectivity index (χ1) is 12.3. The Morgan fingerprint density at radius 3 is 2.44 bits per heavy atom. The molecule has 0 saturated carbocycles. The molecule has 0 aliphatic carbocycles. The molecule has 6 heteroatoms. The summed E-state index contributed by atoms with van der Waals surface area (Å²) in [5.41, 5.74) is 4.60. The Bertz CT molecular complexity index is 910. The van der Waals surface area contributed by atoms with Gasteiger partial charge in [-0.05, 0) is 30.3 Å². The van der Waals surface area contributed by atoms with Crippen molar-refractivity contribution in [2.24, 2.45) is 5.10 Å². The summed E-state index contributed by atoms with van der Waals surface area (Å²) in [5.74, 6) is 2.34. The van der Waals surface area contributed by atoms with Gasteiger partial charge in [0, 0.05) is 10.9 Å². The number of fused-ring (bicyclic) bond motifs is 1. The van der Waals surface area contributed by atoms with Crippen molar-refractivity contribution < 1.29 is 14.2 Å². The molecular formula is C19H19N3O3. The van der Waals surface area contributed by atoms with Crippen LogP contribution >= 0.6 is 0 Å². The molecular weight excluding hydrogens is 318 g/mol. The molecule has 6 nitrogen and oxygen atoms in total. The Morgan fingerprint density at radius 2 is 1.68 bits per heavy atom. The van der Waals surface area contributed by atoms with Gasteiger partial charge < -0.3 is 14.2 Å². The standard InChI is InChI=1S/C19H19N3O3/c1-23-16-10-8-14(18(24-2)19(16)25-3)12-20-22-17-11-9-13-6-4-5-7-15(13)21-17/h4-12H,1-3H3,(H,21,22). The lowest BCUT2D eigenvalue weighted by molar-refractivity contribution is 0.324. The third kappa shape index (κ3) is 3.47. The van der Waals surface area contributed by atoms with Crippen molar-refractivity contribution in [1.82, 2.24) is 4.98 Å². The zero-order valence-electron chi connectivity index (χ0n) is 14.3. The number of nitrogens with zero attached hydrogens (tertiary/aromatic N) is 2. The summed E-state index contributed by atoms with van der Waals surface area (Å²) in [6.07, 6.45) is 1.65. The maximum Gasteiger partial charge on any atom is 0.203 e. The molecule has 0 aliphatic rings. The smallest absolute Gasteiger partial charge is 0.203 e. The molecule has 2 aromatic carbocycles. The topological polar surface area (TPSA) is 65.0 Å². The Morgan fingerprint density at radius 1 is 0.880 bits per heavy atom. The lowest BCUT2D eigenvalue weighted by Crippen LogP contribution is -1.99. The van der Waals surface area contributed by atoms with Crippen molar-refractivity contribution in [2.75, 3.05) is 26.8 Å². The summed E-state index contributed by atoms with van der Waals surface area (Å²) in [6, 6.07) is 15.4. The van der Waals surface area contributed by atoms with Crippen LogP contribution in [0.15, 0.2) is 53.6 Å². The number of hydrogen-bond donors (Lipinski definition) is 1. The highest BCUT2D eigenvalue weighted by Crippen LogP contribution is 2.38. The van der Waals surface area contributed by atoms with Gasteiger partial charge in [-0.15, -0.1) is 0 Å². The Hall–Kier alpha value is -3.28. The zero-order valence-corrected chi connectivity index (χ0v) is 14.3. The largest absolute Gasteiger partial charge is 0.493 e. The van der Waals surface area contributed by atoms with E-state index in [1.54, 1.807) is 33.6 Å². The summed E-state index contributed by atoms with van der Waals surface area (Å²) >= 11 is 0. The fourth-order valence-electron chi connectivity index (χ4n) is 2.52. The highest BCUT2D eigenvalue weighted by atomic mass is 16.5. The quantitative estimate of drug-likeness (QED) is 0.549. The van der Waals surface area contributed by atoms with Crippen molar-refractivity contribution in [3.05, 3.63) is 54.1 Å². The molecule has 1 aromatic heterocycles. The van der Waals surface area contributed by atoms with Crippen molar-refractivity contribution in [3.63, 3.8) is 0 Å². The number of ether oxygens (including phenoxy) is 3. The normalized spacial score (nSPS) is 10.8. The number of benzene rings is 2. The Balaban J connectivity index is 1.83. The van der Waals surface area contributed by atoms with Crippen LogP contribution in [0, 0.1) is 0 Å². The van der Waals surface area contributed by atoms with Gasteiger partial charge in [0.2, 0.25) is 5.75 Å². The van der Waals surface area contributed by atoms with E-state index in [1.165, 1.54) is 0 Å². The molecule has 0 saturated heterocycles. The van der Waals surface area contributed by atoms with Crippen LogP contribution in [0.4, 0.5) is 5.82 Å². The van der Waals surface area contributed by atoms with Gasteiger partial charge in [0.1, 0.15) is 5.82 Å². The number of pyridine rings is 1.